The number of nitrogens with one attached hydrogen (secondary N) is 2. The van der Waals surface area contributed by atoms with Crippen LogP contribution in [0.3, 0.4) is 0 Å². The molecule has 30 heavy (non-hydrogen) atoms. The third kappa shape index (κ3) is 11.9. The number of ether oxygens (including phenoxy) is 1. The second-order valence-electron chi connectivity index (χ2n) is 7.30. The number of hydrogen-bond donors (Lipinski definition) is 2. The van der Waals surface area contributed by atoms with E-state index in [1.807, 2.05) is 19.1 Å². The van der Waals surface area contributed by atoms with Crippen molar-refractivity contribution in [3.05, 3.63) is 35.4 Å². The van der Waals surface area contributed by atoms with E-state index >= 15 is 0 Å². The molecule has 5 nitrogen and oxygen atoms in total. The zero-order valence-electron chi connectivity index (χ0n) is 17.6. The summed E-state index contributed by atoms with van der Waals surface area (Å²) in [6.07, 6.45) is 0.657. The van der Waals surface area contributed by atoms with Gasteiger partial charge in [0.25, 0.3) is 0 Å². The molecule has 1 heterocycles. The van der Waals surface area contributed by atoms with Crippen molar-refractivity contribution in [1.29, 1.82) is 0 Å². The maximum atomic E-state index is 12.1. The Morgan fingerprint density at radius 1 is 1.07 bits per heavy atom. The minimum absolute atomic E-state index is 0. The smallest absolute Gasteiger partial charge is 0.367 e. The molecule has 172 valence electrons. The molecule has 1 fully saturated rings. The molecular formula is C21H34F3IN4O. The fraction of sp³-hybridized carbons (Fsp3) is 0.667. The molecule has 0 radical (unpaired) electrons. The van der Waals surface area contributed by atoms with Crippen LogP contribution in [0.15, 0.2) is 29.3 Å². The van der Waals surface area contributed by atoms with Crippen LogP contribution in [-0.4, -0.2) is 56.4 Å². The molecule has 9 heteroatoms. The lowest BCUT2D eigenvalue weighted by atomic mass is 10.1. The van der Waals surface area contributed by atoms with Crippen LogP contribution in [-0.2, 0) is 17.9 Å². The predicted octanol–water partition coefficient (Wildman–Crippen LogP) is 4.31. The second kappa shape index (κ2) is 14.9. The highest BCUT2D eigenvalue weighted by Crippen LogP contribution is 2.16. The van der Waals surface area contributed by atoms with E-state index in [1.54, 1.807) is 12.1 Å². The topological polar surface area (TPSA) is 48.9 Å². The maximum absolute atomic E-state index is 12.1. The fourth-order valence-electron chi connectivity index (χ4n) is 3.21. The maximum Gasteiger partial charge on any atom is 0.411 e. The molecule has 0 saturated carbocycles. The van der Waals surface area contributed by atoms with Gasteiger partial charge in [0.2, 0.25) is 0 Å². The summed E-state index contributed by atoms with van der Waals surface area (Å²) in [7, 11) is 0. The van der Waals surface area contributed by atoms with Crippen LogP contribution in [0.2, 0.25) is 0 Å². The molecule has 1 saturated heterocycles. The van der Waals surface area contributed by atoms with Crippen molar-refractivity contribution in [2.75, 3.05) is 39.3 Å². The summed E-state index contributed by atoms with van der Waals surface area (Å²) in [6, 6.07) is 7.30. The number of unbranched alkanes of at least 4 members (excludes halogenated alkanes) is 1. The quantitative estimate of drug-likeness (QED) is 0.190. The van der Waals surface area contributed by atoms with E-state index < -0.39 is 12.8 Å². The molecule has 1 aliphatic rings. The van der Waals surface area contributed by atoms with Gasteiger partial charge in [0.05, 0.1) is 13.2 Å². The van der Waals surface area contributed by atoms with Crippen molar-refractivity contribution in [2.45, 2.75) is 51.9 Å². The molecule has 2 N–H and O–H groups in total. The molecule has 1 aromatic rings. The summed E-state index contributed by atoms with van der Waals surface area (Å²) in [6.45, 7) is 6.58. The minimum Gasteiger partial charge on any atom is -0.367 e. The van der Waals surface area contributed by atoms with Crippen LogP contribution in [0.5, 0.6) is 0 Å². The summed E-state index contributed by atoms with van der Waals surface area (Å²) in [5, 5.41) is 6.60. The van der Waals surface area contributed by atoms with Gasteiger partial charge in [-0.25, -0.2) is 4.99 Å². The van der Waals surface area contributed by atoms with Crippen LogP contribution in [0, 0.1) is 0 Å². The van der Waals surface area contributed by atoms with Crippen LogP contribution in [0.1, 0.15) is 43.7 Å². The van der Waals surface area contributed by atoms with E-state index in [2.05, 4.69) is 25.3 Å². The van der Waals surface area contributed by atoms with Crippen molar-refractivity contribution >= 4 is 29.9 Å². The van der Waals surface area contributed by atoms with Gasteiger partial charge >= 0.3 is 6.18 Å². The van der Waals surface area contributed by atoms with Gasteiger partial charge in [-0.1, -0.05) is 24.3 Å². The number of alkyl halides is 3. The second-order valence-corrected chi connectivity index (χ2v) is 7.30. The highest BCUT2D eigenvalue weighted by Gasteiger charge is 2.27. The number of halogens is 4. The van der Waals surface area contributed by atoms with E-state index in [9.17, 15) is 13.2 Å². The first-order chi connectivity index (χ1) is 14.0. The Kier molecular flexibility index (Phi) is 13.3. The van der Waals surface area contributed by atoms with Gasteiger partial charge in [-0.3, -0.25) is 0 Å². The molecule has 0 aliphatic carbocycles. The highest BCUT2D eigenvalue weighted by atomic mass is 127. The standard InChI is InChI=1S/C21H33F3N4O.HI/c1-2-25-20(26-11-3-4-12-28-13-5-6-14-28)27-15-18-7-9-19(10-8-18)16-29-17-21(22,23)24;/h7-10H,2-6,11-17H2,1H3,(H2,25,26,27);1H. The molecular weight excluding hydrogens is 508 g/mol. The Bertz CT molecular complexity index is 605. The van der Waals surface area contributed by atoms with Crippen LogP contribution < -0.4 is 10.6 Å². The largest absolute Gasteiger partial charge is 0.411 e. The van der Waals surface area contributed by atoms with Crippen LogP contribution in [0.25, 0.3) is 0 Å². The molecule has 1 aromatic carbocycles. The first kappa shape index (κ1) is 27.0. The van der Waals surface area contributed by atoms with E-state index in [0.29, 0.717) is 12.1 Å². The predicted molar refractivity (Wildman–Crippen MR) is 125 cm³/mol. The Balaban J connectivity index is 0.00000450. The molecule has 0 amide bonds. The van der Waals surface area contributed by atoms with E-state index in [4.69, 9.17) is 0 Å². The summed E-state index contributed by atoms with van der Waals surface area (Å²) in [5.41, 5.74) is 1.71. The number of likely N-dealkylation sites (tertiary alicyclic amines) is 1. The third-order valence-corrected chi connectivity index (χ3v) is 4.71. The molecule has 2 rings (SSSR count). The number of aliphatic imine (C=N–C) groups is 1. The van der Waals surface area contributed by atoms with Gasteiger partial charge in [-0.2, -0.15) is 13.2 Å². The zero-order chi connectivity index (χ0) is 21.0. The van der Waals surface area contributed by atoms with E-state index in [1.165, 1.54) is 38.9 Å². The molecule has 0 unspecified atom stereocenters. The first-order valence-corrected chi connectivity index (χ1v) is 10.4. The van der Waals surface area contributed by atoms with Gasteiger partial charge < -0.3 is 20.3 Å². The average molecular weight is 542 g/mol. The van der Waals surface area contributed by atoms with Gasteiger partial charge in [0, 0.05) is 13.1 Å². The number of guanidine groups is 1. The lowest BCUT2D eigenvalue weighted by molar-refractivity contribution is -0.176. The number of hydrogen-bond acceptors (Lipinski definition) is 3. The van der Waals surface area contributed by atoms with Crippen molar-refractivity contribution in [2.24, 2.45) is 4.99 Å². The lowest BCUT2D eigenvalue weighted by Gasteiger charge is -2.15. The average Bonchev–Trinajstić information content (AvgIpc) is 3.19. The normalized spacial score (nSPS) is 15.1. The molecule has 0 bridgehead atoms. The van der Waals surface area contributed by atoms with Crippen molar-refractivity contribution < 1.29 is 17.9 Å². The fourth-order valence-corrected chi connectivity index (χ4v) is 3.21. The lowest BCUT2D eigenvalue weighted by Crippen LogP contribution is -2.38. The summed E-state index contributed by atoms with van der Waals surface area (Å²) >= 11 is 0. The number of nitrogens with zero attached hydrogens (tertiary/aromatic N) is 2. The van der Waals surface area contributed by atoms with Crippen LogP contribution >= 0.6 is 24.0 Å². The van der Waals surface area contributed by atoms with Crippen LogP contribution in [0.4, 0.5) is 13.2 Å². The zero-order valence-corrected chi connectivity index (χ0v) is 20.0. The first-order valence-electron chi connectivity index (χ1n) is 10.4. The highest BCUT2D eigenvalue weighted by molar-refractivity contribution is 14.0. The van der Waals surface area contributed by atoms with Gasteiger partial charge in [-0.15, -0.1) is 24.0 Å². The molecule has 0 atom stereocenters. The Hall–Kier alpha value is -1.07. The van der Waals surface area contributed by atoms with E-state index in [0.717, 1.165) is 31.0 Å². The third-order valence-electron chi connectivity index (χ3n) is 4.71. The monoisotopic (exact) mass is 542 g/mol. The summed E-state index contributed by atoms with van der Waals surface area (Å²) in [5.74, 6) is 0.784. The van der Waals surface area contributed by atoms with Gasteiger partial charge in [0.15, 0.2) is 5.96 Å². The van der Waals surface area contributed by atoms with Crippen molar-refractivity contribution in [3.63, 3.8) is 0 Å². The van der Waals surface area contributed by atoms with Gasteiger partial charge in [-0.05, 0) is 63.4 Å². The summed E-state index contributed by atoms with van der Waals surface area (Å²) in [4.78, 5) is 7.11. The molecule has 1 aliphatic heterocycles. The Labute approximate surface area is 194 Å². The molecule has 0 aromatic heterocycles. The molecule has 0 spiro atoms. The van der Waals surface area contributed by atoms with Crippen molar-refractivity contribution in [3.8, 4) is 0 Å². The SMILES string of the molecule is CCNC(=NCc1ccc(COCC(F)(F)F)cc1)NCCCCN1CCCC1.I. The Morgan fingerprint density at radius 2 is 1.73 bits per heavy atom. The van der Waals surface area contributed by atoms with Crippen molar-refractivity contribution in [1.82, 2.24) is 15.5 Å². The number of benzene rings is 1. The van der Waals surface area contributed by atoms with E-state index in [-0.39, 0.29) is 30.6 Å². The number of rotatable bonds is 11. The van der Waals surface area contributed by atoms with Gasteiger partial charge in [0.1, 0.15) is 6.61 Å². The Morgan fingerprint density at radius 3 is 2.37 bits per heavy atom. The minimum atomic E-state index is -4.29. The summed E-state index contributed by atoms with van der Waals surface area (Å²) < 4.78 is 41.0.